The number of nitrogens with zero attached hydrogens (tertiary/aromatic N) is 3. The lowest BCUT2D eigenvalue weighted by molar-refractivity contribution is 0.0742. The highest BCUT2D eigenvalue weighted by Crippen LogP contribution is 2.21. The molecule has 3 aromatic carbocycles. The van der Waals surface area contributed by atoms with E-state index in [0.717, 1.165) is 16.7 Å². The Hall–Kier alpha value is -3.99. The molecule has 5 nitrogen and oxygen atoms in total. The van der Waals surface area contributed by atoms with Crippen LogP contribution in [0.4, 0.5) is 5.82 Å². The van der Waals surface area contributed by atoms with Gasteiger partial charge in [0.2, 0.25) is 0 Å². The molecule has 0 spiro atoms. The van der Waals surface area contributed by atoms with E-state index in [2.05, 4.69) is 17.0 Å². The number of amides is 1. The molecule has 1 aromatic heterocycles. The van der Waals surface area contributed by atoms with Crippen LogP contribution in [0.3, 0.4) is 0 Å². The summed E-state index contributed by atoms with van der Waals surface area (Å²) in [6.45, 7) is 2.57. The zero-order chi connectivity index (χ0) is 21.9. The monoisotopic (exact) mass is 421 g/mol. The maximum Gasteiger partial charge on any atom is 0.254 e. The van der Waals surface area contributed by atoms with Crippen molar-refractivity contribution in [3.63, 3.8) is 0 Å². The summed E-state index contributed by atoms with van der Waals surface area (Å²) in [7, 11) is 0. The van der Waals surface area contributed by atoms with Crippen LogP contribution >= 0.6 is 0 Å². The minimum atomic E-state index is -0.131. The summed E-state index contributed by atoms with van der Waals surface area (Å²) in [4.78, 5) is 35.1. The fourth-order valence-electron chi connectivity index (χ4n) is 4.15. The molecule has 2 heterocycles. The molecule has 4 aromatic rings. The van der Waals surface area contributed by atoms with Crippen molar-refractivity contribution in [3.05, 3.63) is 108 Å². The van der Waals surface area contributed by atoms with E-state index in [9.17, 15) is 9.59 Å². The topological polar surface area (TPSA) is 53.5 Å². The van der Waals surface area contributed by atoms with E-state index in [4.69, 9.17) is 4.98 Å². The minimum Gasteiger partial charge on any atom is -0.353 e. The molecule has 0 unspecified atom stereocenters. The number of carbonyl (C=O) groups is 2. The number of para-hydroxylation sites is 1. The first-order valence-corrected chi connectivity index (χ1v) is 10.8. The number of benzene rings is 3. The molecule has 5 heteroatoms. The van der Waals surface area contributed by atoms with Gasteiger partial charge in [0.05, 0.1) is 11.1 Å². The summed E-state index contributed by atoms with van der Waals surface area (Å²) in [6.07, 6.45) is 0. The third-order valence-corrected chi connectivity index (χ3v) is 5.91. The number of pyridine rings is 1. The molecule has 1 fully saturated rings. The summed E-state index contributed by atoms with van der Waals surface area (Å²) in [5.74, 6) is 0.694. The quantitative estimate of drug-likeness (QED) is 0.458. The van der Waals surface area contributed by atoms with Crippen molar-refractivity contribution in [1.29, 1.82) is 0 Å². The molecule has 0 bridgehead atoms. The number of carbonyl (C=O) groups excluding carboxylic acids is 2. The van der Waals surface area contributed by atoms with Crippen LogP contribution in [0, 0.1) is 0 Å². The summed E-state index contributed by atoms with van der Waals surface area (Å²) < 4.78 is 0. The van der Waals surface area contributed by atoms with Crippen molar-refractivity contribution in [1.82, 2.24) is 9.88 Å². The van der Waals surface area contributed by atoms with Crippen LogP contribution in [0.2, 0.25) is 0 Å². The Morgan fingerprint density at radius 2 is 1.31 bits per heavy atom. The Balaban J connectivity index is 1.32. The predicted molar refractivity (Wildman–Crippen MR) is 126 cm³/mol. The van der Waals surface area contributed by atoms with Gasteiger partial charge in [-0.1, -0.05) is 66.7 Å². The summed E-state index contributed by atoms with van der Waals surface area (Å²) in [5, 5.41) is 1.12. The van der Waals surface area contributed by atoms with Gasteiger partial charge >= 0.3 is 0 Å². The maximum atomic E-state index is 13.3. The molecule has 0 atom stereocenters. The fourth-order valence-corrected chi connectivity index (χ4v) is 4.15. The van der Waals surface area contributed by atoms with Crippen LogP contribution in [-0.2, 0) is 0 Å². The van der Waals surface area contributed by atoms with E-state index >= 15 is 0 Å². The number of piperazine rings is 1. The average Bonchev–Trinajstić information content (AvgIpc) is 2.88. The maximum absolute atomic E-state index is 13.3. The van der Waals surface area contributed by atoms with Gasteiger partial charge < -0.3 is 9.80 Å². The van der Waals surface area contributed by atoms with Crippen LogP contribution in [0.1, 0.15) is 26.3 Å². The highest BCUT2D eigenvalue weighted by atomic mass is 16.2. The third kappa shape index (κ3) is 3.85. The molecule has 0 N–H and O–H groups in total. The Morgan fingerprint density at radius 3 is 2.09 bits per heavy atom. The molecule has 158 valence electrons. The highest BCUT2D eigenvalue weighted by molar-refractivity contribution is 6.15. The van der Waals surface area contributed by atoms with Crippen LogP contribution in [-0.4, -0.2) is 47.8 Å². The van der Waals surface area contributed by atoms with Gasteiger partial charge in [0.1, 0.15) is 5.82 Å². The van der Waals surface area contributed by atoms with Crippen molar-refractivity contribution < 1.29 is 9.59 Å². The van der Waals surface area contributed by atoms with Crippen molar-refractivity contribution in [2.24, 2.45) is 0 Å². The minimum absolute atomic E-state index is 0.101. The SMILES string of the molecule is O=C(c1ccccc1)c1ccccc1C(=O)N1CCN(c2ccc3ccccc3n2)CC1. The van der Waals surface area contributed by atoms with Crippen LogP contribution in [0.5, 0.6) is 0 Å². The highest BCUT2D eigenvalue weighted by Gasteiger charge is 2.26. The van der Waals surface area contributed by atoms with Crippen LogP contribution in [0.15, 0.2) is 91.0 Å². The van der Waals surface area contributed by atoms with Gasteiger partial charge in [-0.05, 0) is 24.3 Å². The molecule has 0 aliphatic carbocycles. The van der Waals surface area contributed by atoms with Crippen molar-refractivity contribution in [2.75, 3.05) is 31.1 Å². The second-order valence-corrected chi connectivity index (χ2v) is 7.88. The second-order valence-electron chi connectivity index (χ2n) is 7.88. The number of ketones is 1. The standard InChI is InChI=1S/C27H23N3O2/c31-26(21-9-2-1-3-10-21)22-11-5-6-12-23(22)27(32)30-18-16-29(17-19-30)25-15-14-20-8-4-7-13-24(20)28-25/h1-15H,16-19H2. The number of aromatic nitrogens is 1. The first-order chi connectivity index (χ1) is 15.7. The van der Waals surface area contributed by atoms with Crippen molar-refractivity contribution in [3.8, 4) is 0 Å². The molecule has 1 aliphatic rings. The van der Waals surface area contributed by atoms with Gasteiger partial charge in [0.15, 0.2) is 5.78 Å². The Morgan fingerprint density at radius 1 is 0.656 bits per heavy atom. The summed E-state index contributed by atoms with van der Waals surface area (Å²) in [6, 6.07) is 28.4. The number of hydrogen-bond donors (Lipinski definition) is 0. The Bertz CT molecular complexity index is 1280. The summed E-state index contributed by atoms with van der Waals surface area (Å²) >= 11 is 0. The molecular formula is C27H23N3O2. The van der Waals surface area contributed by atoms with Crippen molar-refractivity contribution >= 4 is 28.4 Å². The van der Waals surface area contributed by atoms with Gasteiger partial charge in [-0.25, -0.2) is 4.98 Å². The molecule has 1 aliphatic heterocycles. The van der Waals surface area contributed by atoms with E-state index in [1.54, 1.807) is 30.3 Å². The van der Waals surface area contributed by atoms with Gasteiger partial charge in [-0.3, -0.25) is 9.59 Å². The van der Waals surface area contributed by atoms with E-state index < -0.39 is 0 Å². The number of anilines is 1. The van der Waals surface area contributed by atoms with Gasteiger partial charge in [0, 0.05) is 42.7 Å². The van der Waals surface area contributed by atoms with Gasteiger partial charge in [-0.15, -0.1) is 0 Å². The lowest BCUT2D eigenvalue weighted by Crippen LogP contribution is -2.49. The Kier molecular flexibility index (Phi) is 5.38. The normalized spacial score (nSPS) is 13.9. The molecule has 1 amide bonds. The zero-order valence-corrected chi connectivity index (χ0v) is 17.6. The Labute approximate surface area is 186 Å². The average molecular weight is 422 g/mol. The predicted octanol–water partition coefficient (Wildman–Crippen LogP) is 4.43. The van der Waals surface area contributed by atoms with E-state index in [0.29, 0.717) is 42.9 Å². The third-order valence-electron chi connectivity index (χ3n) is 5.91. The summed E-state index contributed by atoms with van der Waals surface area (Å²) in [5.41, 5.74) is 2.46. The van der Waals surface area contributed by atoms with Crippen LogP contribution < -0.4 is 4.90 Å². The number of hydrogen-bond acceptors (Lipinski definition) is 4. The first-order valence-electron chi connectivity index (χ1n) is 10.8. The lowest BCUT2D eigenvalue weighted by atomic mass is 9.97. The van der Waals surface area contributed by atoms with Crippen LogP contribution in [0.25, 0.3) is 10.9 Å². The van der Waals surface area contributed by atoms with E-state index in [1.807, 2.05) is 53.4 Å². The number of fused-ring (bicyclic) bond motifs is 1. The second kappa shape index (κ2) is 8.63. The van der Waals surface area contributed by atoms with E-state index in [-0.39, 0.29) is 11.7 Å². The smallest absolute Gasteiger partial charge is 0.254 e. The molecular weight excluding hydrogens is 398 g/mol. The molecule has 5 rings (SSSR count). The largest absolute Gasteiger partial charge is 0.353 e. The zero-order valence-electron chi connectivity index (χ0n) is 17.6. The molecule has 0 saturated carbocycles. The van der Waals surface area contributed by atoms with Crippen molar-refractivity contribution in [2.45, 2.75) is 0 Å². The molecule has 0 radical (unpaired) electrons. The van der Waals surface area contributed by atoms with E-state index in [1.165, 1.54) is 0 Å². The van der Waals surface area contributed by atoms with Gasteiger partial charge in [-0.2, -0.15) is 0 Å². The lowest BCUT2D eigenvalue weighted by Gasteiger charge is -2.35. The molecule has 32 heavy (non-hydrogen) atoms. The fraction of sp³-hybridized carbons (Fsp3) is 0.148. The molecule has 1 saturated heterocycles. The van der Waals surface area contributed by atoms with Gasteiger partial charge in [0.25, 0.3) is 5.91 Å². The number of rotatable bonds is 4. The first kappa shape index (κ1) is 19.9.